The number of hydrogen-bond donors (Lipinski definition) is 0. The topological polar surface area (TPSA) is 78.4 Å². The lowest BCUT2D eigenvalue weighted by molar-refractivity contribution is -0.139. The van der Waals surface area contributed by atoms with Gasteiger partial charge in [0.05, 0.1) is 13.2 Å². The Balaban J connectivity index is 2.04. The van der Waals surface area contributed by atoms with E-state index >= 15 is 0 Å². The molecule has 0 aromatic carbocycles. The molecule has 0 atom stereocenters. The van der Waals surface area contributed by atoms with Crippen LogP contribution in [0.5, 0.6) is 0 Å². The molecule has 8 heteroatoms. The van der Waals surface area contributed by atoms with Gasteiger partial charge in [0.2, 0.25) is 0 Å². The summed E-state index contributed by atoms with van der Waals surface area (Å²) in [6.45, 7) is 11.4. The predicted octanol–water partition coefficient (Wildman–Crippen LogP) is 6.02. The molecule has 6 nitrogen and oxygen atoms in total. The van der Waals surface area contributed by atoms with Gasteiger partial charge in [-0.05, 0) is 51.3 Å². The van der Waals surface area contributed by atoms with Gasteiger partial charge in [-0.15, -0.1) is 11.8 Å². The molecule has 0 fully saturated rings. The lowest BCUT2D eigenvalue weighted by Crippen LogP contribution is -2.06. The van der Waals surface area contributed by atoms with Gasteiger partial charge in [0.1, 0.15) is 5.03 Å². The van der Waals surface area contributed by atoms with Crippen molar-refractivity contribution in [3.8, 4) is 0 Å². The second-order valence-corrected chi connectivity index (χ2v) is 9.71. The molecular formula is C24H36N2O4S2. The van der Waals surface area contributed by atoms with E-state index in [4.69, 9.17) is 9.47 Å². The number of ether oxygens (including phenoxy) is 2. The molecule has 178 valence electrons. The molecule has 32 heavy (non-hydrogen) atoms. The fourth-order valence-electron chi connectivity index (χ4n) is 2.51. The van der Waals surface area contributed by atoms with Gasteiger partial charge in [-0.3, -0.25) is 0 Å². The van der Waals surface area contributed by atoms with E-state index in [0.29, 0.717) is 24.4 Å². The van der Waals surface area contributed by atoms with Crippen LogP contribution in [0.25, 0.3) is 0 Å². The highest BCUT2D eigenvalue weighted by Crippen LogP contribution is 2.21. The Morgan fingerprint density at radius 2 is 1.31 bits per heavy atom. The van der Waals surface area contributed by atoms with Crippen molar-refractivity contribution in [1.82, 2.24) is 9.97 Å². The van der Waals surface area contributed by atoms with Gasteiger partial charge < -0.3 is 9.47 Å². The van der Waals surface area contributed by atoms with Crippen molar-refractivity contribution in [1.29, 1.82) is 0 Å². The number of carbonyl (C=O) groups is 2. The first-order valence-electron chi connectivity index (χ1n) is 11.1. The summed E-state index contributed by atoms with van der Waals surface area (Å²) < 4.78 is 10.2. The number of carbonyl (C=O) groups excluding carboxylic acids is 2. The molecule has 0 aliphatic carbocycles. The molecule has 0 N–H and O–H groups in total. The molecule has 0 aliphatic rings. The van der Waals surface area contributed by atoms with E-state index in [0.717, 1.165) is 73.1 Å². The van der Waals surface area contributed by atoms with Gasteiger partial charge in [0.25, 0.3) is 0 Å². The van der Waals surface area contributed by atoms with Crippen molar-refractivity contribution < 1.29 is 19.1 Å². The third-order valence-electron chi connectivity index (χ3n) is 4.33. The minimum atomic E-state index is -0.308. The fourth-order valence-corrected chi connectivity index (χ4v) is 4.26. The Morgan fingerprint density at radius 1 is 0.812 bits per heavy atom. The molecule has 0 saturated heterocycles. The van der Waals surface area contributed by atoms with Crippen LogP contribution in [0.15, 0.2) is 46.7 Å². The van der Waals surface area contributed by atoms with Gasteiger partial charge in [0.15, 0.2) is 5.16 Å². The van der Waals surface area contributed by atoms with E-state index in [1.165, 1.54) is 0 Å². The van der Waals surface area contributed by atoms with Crippen molar-refractivity contribution in [3.05, 3.63) is 36.6 Å². The Hall–Kier alpha value is -1.80. The Bertz CT molecular complexity index is 683. The van der Waals surface area contributed by atoms with Crippen molar-refractivity contribution in [3.63, 3.8) is 0 Å². The minimum Gasteiger partial charge on any atom is -0.462 e. The van der Waals surface area contributed by atoms with Crippen molar-refractivity contribution in [2.45, 2.75) is 75.4 Å². The van der Waals surface area contributed by atoms with E-state index in [9.17, 15) is 9.59 Å². The average Bonchev–Trinajstić information content (AvgIpc) is 2.77. The second kappa shape index (κ2) is 17.7. The molecular weight excluding hydrogens is 444 g/mol. The van der Waals surface area contributed by atoms with Crippen LogP contribution in [0, 0.1) is 0 Å². The summed E-state index contributed by atoms with van der Waals surface area (Å²) in [5, 5.41) is 1.84. The van der Waals surface area contributed by atoms with Crippen LogP contribution in [0.3, 0.4) is 0 Å². The summed E-state index contributed by atoms with van der Waals surface area (Å²) in [7, 11) is 0. The summed E-state index contributed by atoms with van der Waals surface area (Å²) in [6.07, 6.45) is 10.1. The number of thioether (sulfide) groups is 2. The van der Waals surface area contributed by atoms with Crippen LogP contribution in [0.4, 0.5) is 0 Å². The number of esters is 2. The highest BCUT2D eigenvalue weighted by Gasteiger charge is 2.04. The smallest absolute Gasteiger partial charge is 0.333 e. The first-order valence-corrected chi connectivity index (χ1v) is 13.1. The molecule has 1 heterocycles. The molecule has 0 aliphatic heterocycles. The number of unbranched alkanes of at least 4 members (excludes halogenated alkanes) is 6. The normalized spacial score (nSPS) is 10.6. The molecule has 0 saturated carbocycles. The third-order valence-corrected chi connectivity index (χ3v) is 6.29. The monoisotopic (exact) mass is 480 g/mol. The van der Waals surface area contributed by atoms with Crippen LogP contribution in [0.1, 0.15) is 65.2 Å². The first-order chi connectivity index (χ1) is 15.4. The zero-order valence-electron chi connectivity index (χ0n) is 19.4. The quantitative estimate of drug-likeness (QED) is 0.0630. The molecule has 0 unspecified atom stereocenters. The van der Waals surface area contributed by atoms with Gasteiger partial charge in [0, 0.05) is 23.1 Å². The lowest BCUT2D eigenvalue weighted by atomic mass is 10.2. The second-order valence-electron chi connectivity index (χ2n) is 7.54. The number of hydrogen-bond acceptors (Lipinski definition) is 8. The standard InChI is InChI=1S/C24H36N2O4S2/c1-19(2)22(27)29-15-9-5-7-11-17-31-21-13-14-25-24(26-21)32-18-12-8-6-10-16-30-23(28)20(3)4/h13-14H,1,3,5-12,15-18H2,2,4H3. The van der Waals surface area contributed by atoms with E-state index in [1.54, 1.807) is 37.4 Å². The lowest BCUT2D eigenvalue weighted by Gasteiger charge is -2.05. The van der Waals surface area contributed by atoms with Crippen molar-refractivity contribution in [2.75, 3.05) is 24.7 Å². The van der Waals surface area contributed by atoms with Crippen LogP contribution >= 0.6 is 23.5 Å². The number of rotatable bonds is 18. The van der Waals surface area contributed by atoms with Gasteiger partial charge in [-0.25, -0.2) is 19.6 Å². The molecule has 0 bridgehead atoms. The Labute approximate surface area is 201 Å². The van der Waals surface area contributed by atoms with Gasteiger partial charge in [-0.2, -0.15) is 0 Å². The number of nitrogens with zero attached hydrogens (tertiary/aromatic N) is 2. The van der Waals surface area contributed by atoms with E-state index in [2.05, 4.69) is 23.1 Å². The maximum Gasteiger partial charge on any atom is 0.333 e. The summed E-state index contributed by atoms with van der Waals surface area (Å²) >= 11 is 3.44. The van der Waals surface area contributed by atoms with Crippen LogP contribution in [-0.2, 0) is 19.1 Å². The third kappa shape index (κ3) is 14.3. The first kappa shape index (κ1) is 28.2. The summed E-state index contributed by atoms with van der Waals surface area (Å²) in [5.74, 6) is 1.38. The van der Waals surface area contributed by atoms with Crippen molar-refractivity contribution in [2.24, 2.45) is 0 Å². The highest BCUT2D eigenvalue weighted by molar-refractivity contribution is 7.99. The van der Waals surface area contributed by atoms with Crippen LogP contribution in [0.2, 0.25) is 0 Å². The molecule has 1 aromatic rings. The highest BCUT2D eigenvalue weighted by atomic mass is 32.2. The molecule has 0 amide bonds. The minimum absolute atomic E-state index is 0.306. The largest absolute Gasteiger partial charge is 0.462 e. The molecule has 1 rings (SSSR count). The van der Waals surface area contributed by atoms with Gasteiger partial charge >= 0.3 is 11.9 Å². The SMILES string of the molecule is C=C(C)C(=O)OCCCCCCSc1ccnc(SCCCCCCOC(=O)C(=C)C)n1. The van der Waals surface area contributed by atoms with E-state index in [-0.39, 0.29) is 11.9 Å². The predicted molar refractivity (Wildman–Crippen MR) is 132 cm³/mol. The fraction of sp³-hybridized carbons (Fsp3) is 0.583. The average molecular weight is 481 g/mol. The summed E-state index contributed by atoms with van der Waals surface area (Å²) in [6, 6.07) is 1.96. The van der Waals surface area contributed by atoms with E-state index in [1.807, 2.05) is 12.3 Å². The van der Waals surface area contributed by atoms with E-state index < -0.39 is 0 Å². The van der Waals surface area contributed by atoms with Gasteiger partial charge in [-0.1, -0.05) is 50.6 Å². The van der Waals surface area contributed by atoms with Crippen LogP contribution < -0.4 is 0 Å². The summed E-state index contributed by atoms with van der Waals surface area (Å²) in [4.78, 5) is 31.5. The molecule has 1 aromatic heterocycles. The number of aromatic nitrogens is 2. The molecule has 0 radical (unpaired) electrons. The Kier molecular flexibility index (Phi) is 15.6. The maximum atomic E-state index is 11.3. The zero-order chi connectivity index (χ0) is 23.6. The molecule has 0 spiro atoms. The summed E-state index contributed by atoms with van der Waals surface area (Å²) in [5.41, 5.74) is 0.892. The Morgan fingerprint density at radius 3 is 1.84 bits per heavy atom. The van der Waals surface area contributed by atoms with Crippen LogP contribution in [-0.4, -0.2) is 46.6 Å². The maximum absolute atomic E-state index is 11.3. The van der Waals surface area contributed by atoms with Crippen molar-refractivity contribution >= 4 is 35.5 Å². The zero-order valence-corrected chi connectivity index (χ0v) is 21.0.